The number of nitrogens with zero attached hydrogens (tertiary/aromatic N) is 2. The highest BCUT2D eigenvalue weighted by Gasteiger charge is 2.24. The summed E-state index contributed by atoms with van der Waals surface area (Å²) in [6, 6.07) is 0. The first-order valence-corrected chi connectivity index (χ1v) is 14.0. The van der Waals surface area contributed by atoms with Crippen LogP contribution in [0.2, 0.25) is 0 Å². The summed E-state index contributed by atoms with van der Waals surface area (Å²) in [5, 5.41) is 0. The van der Waals surface area contributed by atoms with E-state index in [1.165, 1.54) is 142 Å². The van der Waals surface area contributed by atoms with E-state index in [9.17, 15) is 0 Å². The van der Waals surface area contributed by atoms with Gasteiger partial charge in [-0.05, 0) is 25.7 Å². The van der Waals surface area contributed by atoms with Gasteiger partial charge in [-0.2, -0.15) is 0 Å². The average Bonchev–Trinajstić information content (AvgIpc) is 3.14. The predicted octanol–water partition coefficient (Wildman–Crippen LogP) is 9.26. The molecule has 0 aromatic carbocycles. The van der Waals surface area contributed by atoms with Gasteiger partial charge in [-0.3, -0.25) is 0 Å². The van der Waals surface area contributed by atoms with Crippen molar-refractivity contribution in [2.75, 3.05) is 13.1 Å². The molecule has 178 valence electrons. The Bertz CT molecular complexity index is 379. The lowest BCUT2D eigenvalue weighted by Crippen LogP contribution is -2.39. The molecule has 1 heterocycles. The minimum atomic E-state index is 0.645. The van der Waals surface area contributed by atoms with Crippen molar-refractivity contribution in [3.63, 3.8) is 0 Å². The highest BCUT2D eigenvalue weighted by atomic mass is 15.4. The van der Waals surface area contributed by atoms with Crippen LogP contribution in [0.1, 0.15) is 149 Å². The quantitative estimate of drug-likeness (QED) is 0.161. The summed E-state index contributed by atoms with van der Waals surface area (Å²) in [4.78, 5) is 5.33. The van der Waals surface area contributed by atoms with Crippen molar-refractivity contribution in [3.8, 4) is 0 Å². The van der Waals surface area contributed by atoms with Crippen LogP contribution in [0.4, 0.5) is 0 Å². The molecule has 1 atom stereocenters. The smallest absolute Gasteiger partial charge is 0.101 e. The fourth-order valence-electron chi connectivity index (χ4n) is 4.77. The second kappa shape index (κ2) is 20.3. The Balaban J connectivity index is 2.23. The molecule has 30 heavy (non-hydrogen) atoms. The molecule has 0 amide bonds. The van der Waals surface area contributed by atoms with Crippen molar-refractivity contribution in [1.29, 1.82) is 0 Å². The van der Waals surface area contributed by atoms with Gasteiger partial charge in [0.15, 0.2) is 0 Å². The highest BCUT2D eigenvalue weighted by Crippen LogP contribution is 2.23. The molecule has 2 heteroatoms. The van der Waals surface area contributed by atoms with Gasteiger partial charge in [-0.1, -0.05) is 124 Å². The molecule has 0 fully saturated rings. The van der Waals surface area contributed by atoms with E-state index in [-0.39, 0.29) is 0 Å². The SMILES string of the molecule is CCCCCCCCCCCCC1N(CCCCCC)C=CN1CCCCCCC. The average molecular weight is 421 g/mol. The Morgan fingerprint density at radius 1 is 0.433 bits per heavy atom. The van der Waals surface area contributed by atoms with Crippen LogP contribution < -0.4 is 0 Å². The van der Waals surface area contributed by atoms with E-state index < -0.39 is 0 Å². The molecule has 0 saturated heterocycles. The third-order valence-electron chi connectivity index (χ3n) is 6.82. The molecule has 1 rings (SSSR count). The summed E-state index contributed by atoms with van der Waals surface area (Å²) in [6.07, 6.45) is 33.6. The van der Waals surface area contributed by atoms with Crippen LogP contribution >= 0.6 is 0 Å². The molecule has 0 spiro atoms. The summed E-state index contributed by atoms with van der Waals surface area (Å²) in [7, 11) is 0. The first-order valence-electron chi connectivity index (χ1n) is 14.0. The first kappa shape index (κ1) is 27.4. The second-order valence-corrected chi connectivity index (χ2v) is 9.70. The molecule has 0 bridgehead atoms. The van der Waals surface area contributed by atoms with Gasteiger partial charge < -0.3 is 9.80 Å². The number of hydrogen-bond acceptors (Lipinski definition) is 2. The Morgan fingerprint density at radius 3 is 1.20 bits per heavy atom. The van der Waals surface area contributed by atoms with E-state index in [1.54, 1.807) is 0 Å². The van der Waals surface area contributed by atoms with Gasteiger partial charge in [-0.15, -0.1) is 0 Å². The zero-order valence-electron chi connectivity index (χ0n) is 21.2. The molecular weight excluding hydrogens is 364 g/mol. The van der Waals surface area contributed by atoms with Crippen LogP contribution in [0.25, 0.3) is 0 Å². The third-order valence-corrected chi connectivity index (χ3v) is 6.82. The summed E-state index contributed by atoms with van der Waals surface area (Å²) in [6.45, 7) is 9.44. The zero-order valence-corrected chi connectivity index (χ0v) is 21.2. The van der Waals surface area contributed by atoms with Crippen molar-refractivity contribution in [2.24, 2.45) is 0 Å². The van der Waals surface area contributed by atoms with Crippen LogP contribution in [0.5, 0.6) is 0 Å². The second-order valence-electron chi connectivity index (χ2n) is 9.70. The maximum Gasteiger partial charge on any atom is 0.101 e. The van der Waals surface area contributed by atoms with Crippen LogP contribution in [0.3, 0.4) is 0 Å². The summed E-state index contributed by atoms with van der Waals surface area (Å²) < 4.78 is 0. The summed E-state index contributed by atoms with van der Waals surface area (Å²) in [5.41, 5.74) is 0. The third kappa shape index (κ3) is 13.6. The molecular formula is C28H56N2. The Kier molecular flexibility index (Phi) is 18.5. The lowest BCUT2D eigenvalue weighted by molar-refractivity contribution is 0.135. The molecule has 0 aromatic rings. The number of unbranched alkanes of at least 4 members (excludes halogenated alkanes) is 16. The lowest BCUT2D eigenvalue weighted by Gasteiger charge is -2.33. The Hall–Kier alpha value is -0.660. The number of rotatable bonds is 22. The summed E-state index contributed by atoms with van der Waals surface area (Å²) >= 11 is 0. The fourth-order valence-corrected chi connectivity index (χ4v) is 4.77. The number of hydrogen-bond donors (Lipinski definition) is 0. The van der Waals surface area contributed by atoms with Crippen LogP contribution in [-0.2, 0) is 0 Å². The minimum absolute atomic E-state index is 0.645. The van der Waals surface area contributed by atoms with Crippen molar-refractivity contribution in [1.82, 2.24) is 9.80 Å². The molecule has 0 aliphatic carbocycles. The van der Waals surface area contributed by atoms with Gasteiger partial charge >= 0.3 is 0 Å². The molecule has 1 aliphatic heterocycles. The van der Waals surface area contributed by atoms with Gasteiger partial charge in [0.05, 0.1) is 0 Å². The van der Waals surface area contributed by atoms with E-state index in [0.29, 0.717) is 6.17 Å². The van der Waals surface area contributed by atoms with Gasteiger partial charge in [0, 0.05) is 25.5 Å². The van der Waals surface area contributed by atoms with E-state index in [1.807, 2.05) is 0 Å². The van der Waals surface area contributed by atoms with E-state index in [4.69, 9.17) is 0 Å². The molecule has 0 radical (unpaired) electrons. The zero-order chi connectivity index (χ0) is 21.7. The van der Waals surface area contributed by atoms with Crippen molar-refractivity contribution in [2.45, 2.75) is 155 Å². The monoisotopic (exact) mass is 420 g/mol. The molecule has 1 unspecified atom stereocenters. The van der Waals surface area contributed by atoms with E-state index in [2.05, 4.69) is 43.0 Å². The van der Waals surface area contributed by atoms with Crippen molar-refractivity contribution >= 4 is 0 Å². The maximum absolute atomic E-state index is 2.67. The lowest BCUT2D eigenvalue weighted by atomic mass is 10.0. The Morgan fingerprint density at radius 2 is 0.767 bits per heavy atom. The molecule has 0 saturated carbocycles. The summed E-state index contributed by atoms with van der Waals surface area (Å²) in [5.74, 6) is 0. The highest BCUT2D eigenvalue weighted by molar-refractivity contribution is 4.96. The van der Waals surface area contributed by atoms with Crippen LogP contribution in [0, 0.1) is 0 Å². The standard InChI is InChI=1S/C28H56N2/c1-4-7-10-13-14-15-16-17-18-20-23-28-29(24-21-12-9-6-3)26-27-30(28)25-22-19-11-8-5-2/h26-28H,4-25H2,1-3H3. The first-order chi connectivity index (χ1) is 14.8. The van der Waals surface area contributed by atoms with Gasteiger partial charge in [0.1, 0.15) is 6.17 Å². The minimum Gasteiger partial charge on any atom is -0.356 e. The van der Waals surface area contributed by atoms with E-state index >= 15 is 0 Å². The van der Waals surface area contributed by atoms with Crippen LogP contribution in [-0.4, -0.2) is 29.1 Å². The van der Waals surface area contributed by atoms with Gasteiger partial charge in [-0.25, -0.2) is 0 Å². The van der Waals surface area contributed by atoms with Crippen LogP contribution in [0.15, 0.2) is 12.4 Å². The predicted molar refractivity (Wildman–Crippen MR) is 136 cm³/mol. The molecule has 2 nitrogen and oxygen atoms in total. The van der Waals surface area contributed by atoms with Crippen molar-refractivity contribution in [3.05, 3.63) is 12.4 Å². The molecule has 1 aliphatic rings. The molecule has 0 N–H and O–H groups in total. The van der Waals surface area contributed by atoms with Crippen molar-refractivity contribution < 1.29 is 0 Å². The Labute approximate surface area is 190 Å². The normalized spacial score (nSPS) is 16.2. The van der Waals surface area contributed by atoms with E-state index in [0.717, 1.165) is 0 Å². The van der Waals surface area contributed by atoms with Gasteiger partial charge in [0.2, 0.25) is 0 Å². The topological polar surface area (TPSA) is 6.48 Å². The fraction of sp³-hybridized carbons (Fsp3) is 0.929. The molecule has 0 aromatic heterocycles. The maximum atomic E-state index is 2.67. The van der Waals surface area contributed by atoms with Gasteiger partial charge in [0.25, 0.3) is 0 Å². The largest absolute Gasteiger partial charge is 0.356 e.